The molecule has 4 nitrogen and oxygen atoms in total. The summed E-state index contributed by atoms with van der Waals surface area (Å²) in [5, 5.41) is 10.7. The zero-order chi connectivity index (χ0) is 18.2. The third kappa shape index (κ3) is 2.95. The van der Waals surface area contributed by atoms with Gasteiger partial charge in [0.1, 0.15) is 0 Å². The summed E-state index contributed by atoms with van der Waals surface area (Å²) in [6, 6.07) is 1.81. The van der Waals surface area contributed by atoms with Crippen molar-refractivity contribution < 1.29 is 19.1 Å². The molecular weight excluding hydrogens is 316 g/mol. The van der Waals surface area contributed by atoms with E-state index in [4.69, 9.17) is 9.15 Å². The molecule has 4 heteroatoms. The zero-order valence-corrected chi connectivity index (χ0v) is 15.6. The van der Waals surface area contributed by atoms with Crippen LogP contribution >= 0.6 is 0 Å². The molecule has 0 unspecified atom stereocenters. The molecule has 2 saturated carbocycles. The molecule has 1 N–H and O–H groups in total. The molecule has 0 spiro atoms. The predicted octanol–water partition coefficient (Wildman–Crippen LogP) is 4.66. The SMILES string of the molecule is C=C1CC[C@@H]2[C@@](C)(CCC[C@@]2(C)C(=O)OC)[C@@H]1C[C@@H](O)c1ccoc1. The minimum absolute atomic E-state index is 0.0404. The zero-order valence-electron chi connectivity index (χ0n) is 15.6. The van der Waals surface area contributed by atoms with Gasteiger partial charge in [-0.15, -0.1) is 0 Å². The number of aliphatic hydroxyl groups is 1. The van der Waals surface area contributed by atoms with E-state index in [1.165, 1.54) is 12.7 Å². The van der Waals surface area contributed by atoms with Crippen LogP contribution in [0.5, 0.6) is 0 Å². The van der Waals surface area contributed by atoms with Crippen molar-refractivity contribution in [2.24, 2.45) is 22.7 Å². The van der Waals surface area contributed by atoms with Gasteiger partial charge < -0.3 is 14.3 Å². The Morgan fingerprint density at radius 1 is 1.48 bits per heavy atom. The summed E-state index contributed by atoms with van der Waals surface area (Å²) in [6.45, 7) is 8.68. The van der Waals surface area contributed by atoms with Crippen LogP contribution in [0.2, 0.25) is 0 Å². The molecular formula is C21H30O4. The number of carbonyl (C=O) groups excluding carboxylic acids is 1. The van der Waals surface area contributed by atoms with Crippen molar-refractivity contribution in [3.05, 3.63) is 36.3 Å². The maximum Gasteiger partial charge on any atom is 0.311 e. The molecule has 138 valence electrons. The van der Waals surface area contributed by atoms with Crippen molar-refractivity contribution in [3.63, 3.8) is 0 Å². The smallest absolute Gasteiger partial charge is 0.311 e. The maximum absolute atomic E-state index is 12.6. The second-order valence-electron chi connectivity index (χ2n) is 8.38. The highest BCUT2D eigenvalue weighted by Gasteiger charge is 2.57. The van der Waals surface area contributed by atoms with Crippen LogP contribution in [0, 0.1) is 22.7 Å². The third-order valence-corrected chi connectivity index (χ3v) is 7.06. The van der Waals surface area contributed by atoms with Gasteiger partial charge in [0, 0.05) is 5.56 Å². The number of hydrogen-bond donors (Lipinski definition) is 1. The molecule has 0 bridgehead atoms. The van der Waals surface area contributed by atoms with Crippen LogP contribution in [0.25, 0.3) is 0 Å². The van der Waals surface area contributed by atoms with Crippen molar-refractivity contribution in [3.8, 4) is 0 Å². The van der Waals surface area contributed by atoms with Crippen molar-refractivity contribution in [2.45, 2.75) is 58.5 Å². The Morgan fingerprint density at radius 3 is 2.88 bits per heavy atom. The molecule has 25 heavy (non-hydrogen) atoms. The highest BCUT2D eigenvalue weighted by atomic mass is 16.5. The minimum atomic E-state index is -0.567. The summed E-state index contributed by atoms with van der Waals surface area (Å²) in [5.41, 5.74) is 1.53. The van der Waals surface area contributed by atoms with E-state index in [1.807, 2.05) is 6.07 Å². The lowest BCUT2D eigenvalue weighted by atomic mass is 9.46. The van der Waals surface area contributed by atoms with Gasteiger partial charge in [0.2, 0.25) is 0 Å². The highest BCUT2D eigenvalue weighted by Crippen LogP contribution is 2.62. The van der Waals surface area contributed by atoms with E-state index in [1.54, 1.807) is 12.5 Å². The van der Waals surface area contributed by atoms with Crippen LogP contribution in [-0.4, -0.2) is 18.2 Å². The molecule has 2 aliphatic rings. The second kappa shape index (κ2) is 6.64. The number of esters is 1. The number of ether oxygens (including phenoxy) is 1. The Kier molecular flexibility index (Phi) is 4.84. The van der Waals surface area contributed by atoms with Gasteiger partial charge in [-0.1, -0.05) is 25.5 Å². The van der Waals surface area contributed by atoms with Gasteiger partial charge in [0.15, 0.2) is 0 Å². The molecule has 0 radical (unpaired) electrons. The van der Waals surface area contributed by atoms with Crippen molar-refractivity contribution in [1.29, 1.82) is 0 Å². The molecule has 0 aromatic carbocycles. The van der Waals surface area contributed by atoms with Gasteiger partial charge in [-0.25, -0.2) is 0 Å². The molecule has 1 heterocycles. The fourth-order valence-electron chi connectivity index (χ4n) is 5.69. The third-order valence-electron chi connectivity index (χ3n) is 7.06. The highest BCUT2D eigenvalue weighted by molar-refractivity contribution is 5.77. The van der Waals surface area contributed by atoms with Crippen molar-refractivity contribution >= 4 is 5.97 Å². The molecule has 2 aliphatic carbocycles. The largest absolute Gasteiger partial charge is 0.472 e. The number of aliphatic hydroxyl groups excluding tert-OH is 1. The first-order chi connectivity index (χ1) is 11.8. The van der Waals surface area contributed by atoms with Crippen LogP contribution in [0.4, 0.5) is 0 Å². The molecule has 2 fully saturated rings. The van der Waals surface area contributed by atoms with Gasteiger partial charge in [0.05, 0.1) is 31.2 Å². The topological polar surface area (TPSA) is 59.7 Å². The maximum atomic E-state index is 12.6. The van der Waals surface area contributed by atoms with Gasteiger partial charge >= 0.3 is 5.97 Å². The van der Waals surface area contributed by atoms with E-state index in [9.17, 15) is 9.90 Å². The summed E-state index contributed by atoms with van der Waals surface area (Å²) >= 11 is 0. The number of carbonyl (C=O) groups is 1. The fourth-order valence-corrected chi connectivity index (χ4v) is 5.69. The first kappa shape index (κ1) is 18.2. The van der Waals surface area contributed by atoms with E-state index in [0.29, 0.717) is 6.42 Å². The Bertz CT molecular complexity index is 634. The van der Waals surface area contributed by atoms with Crippen LogP contribution in [0.3, 0.4) is 0 Å². The number of furan rings is 1. The predicted molar refractivity (Wildman–Crippen MR) is 95.7 cm³/mol. The van der Waals surface area contributed by atoms with Crippen molar-refractivity contribution in [2.75, 3.05) is 7.11 Å². The van der Waals surface area contributed by atoms with Gasteiger partial charge in [-0.2, -0.15) is 0 Å². The lowest BCUT2D eigenvalue weighted by Crippen LogP contribution is -2.53. The van der Waals surface area contributed by atoms with Crippen molar-refractivity contribution in [1.82, 2.24) is 0 Å². The summed E-state index contributed by atoms with van der Waals surface area (Å²) in [6.07, 6.45) is 8.09. The standard InChI is InChI=1S/C21H30O4/c1-14-6-7-18-20(2,9-5-10-21(18,3)19(23)24-4)16(14)12-17(22)15-8-11-25-13-15/h8,11,13,16-18,22H,1,5-7,9-10,12H2,2-4H3/t16-,17-,18-,20+,21-/m1/s1. The molecule has 3 rings (SSSR count). The lowest BCUT2D eigenvalue weighted by Gasteiger charge is -2.57. The number of hydrogen-bond acceptors (Lipinski definition) is 4. The Morgan fingerprint density at radius 2 is 2.24 bits per heavy atom. The van der Waals surface area contributed by atoms with E-state index in [2.05, 4.69) is 20.4 Å². The summed E-state index contributed by atoms with van der Waals surface area (Å²) in [4.78, 5) is 12.6. The van der Waals surface area contributed by atoms with Crippen LogP contribution < -0.4 is 0 Å². The molecule has 1 aromatic heterocycles. The lowest BCUT2D eigenvalue weighted by molar-refractivity contribution is -0.168. The van der Waals surface area contributed by atoms with Crippen LogP contribution in [0.1, 0.15) is 64.0 Å². The molecule has 0 aliphatic heterocycles. The Labute approximate surface area is 150 Å². The quantitative estimate of drug-likeness (QED) is 0.636. The van der Waals surface area contributed by atoms with Gasteiger partial charge in [0.25, 0.3) is 0 Å². The Hall–Kier alpha value is -1.55. The average Bonchev–Trinajstić information content (AvgIpc) is 3.11. The normalized spacial score (nSPS) is 36.6. The first-order valence-electron chi connectivity index (χ1n) is 9.29. The summed E-state index contributed by atoms with van der Waals surface area (Å²) in [7, 11) is 1.49. The average molecular weight is 346 g/mol. The molecule has 0 saturated heterocycles. The van der Waals surface area contributed by atoms with Crippen LogP contribution in [0.15, 0.2) is 35.2 Å². The number of allylic oxidation sites excluding steroid dienone is 1. The first-order valence-corrected chi connectivity index (χ1v) is 9.29. The molecule has 1 aromatic rings. The minimum Gasteiger partial charge on any atom is -0.472 e. The second-order valence-corrected chi connectivity index (χ2v) is 8.38. The summed E-state index contributed by atoms with van der Waals surface area (Å²) in [5.74, 6) is 0.360. The number of fused-ring (bicyclic) bond motifs is 1. The number of methoxy groups -OCH3 is 1. The van der Waals surface area contributed by atoms with Gasteiger partial charge in [-0.3, -0.25) is 4.79 Å². The summed E-state index contributed by atoms with van der Waals surface area (Å²) < 4.78 is 10.3. The van der Waals surface area contributed by atoms with E-state index in [-0.39, 0.29) is 23.2 Å². The fraction of sp³-hybridized carbons (Fsp3) is 0.667. The molecule has 0 amide bonds. The molecule has 5 atom stereocenters. The van der Waals surface area contributed by atoms with E-state index < -0.39 is 11.5 Å². The van der Waals surface area contributed by atoms with E-state index >= 15 is 0 Å². The number of rotatable bonds is 4. The monoisotopic (exact) mass is 346 g/mol. The van der Waals surface area contributed by atoms with E-state index in [0.717, 1.165) is 37.7 Å². The Balaban J connectivity index is 1.90. The van der Waals surface area contributed by atoms with Gasteiger partial charge in [-0.05, 0) is 62.3 Å². The van der Waals surface area contributed by atoms with Crippen LogP contribution in [-0.2, 0) is 9.53 Å².